The van der Waals surface area contributed by atoms with E-state index in [1.54, 1.807) is 0 Å². The topological polar surface area (TPSA) is 36.0 Å². The van der Waals surface area contributed by atoms with Crippen molar-refractivity contribution in [3.05, 3.63) is 35.4 Å². The Labute approximate surface area is 164 Å². The highest BCUT2D eigenvalue weighted by molar-refractivity contribution is 5.94. The van der Waals surface area contributed by atoms with Crippen molar-refractivity contribution in [2.24, 2.45) is 0 Å². The van der Waals surface area contributed by atoms with E-state index in [4.69, 9.17) is 4.74 Å². The molecule has 2 fully saturated rings. The van der Waals surface area contributed by atoms with E-state index in [2.05, 4.69) is 35.9 Å². The summed E-state index contributed by atoms with van der Waals surface area (Å²) in [4.78, 5) is 20.0. The molecule has 1 unspecified atom stereocenters. The van der Waals surface area contributed by atoms with Gasteiger partial charge in [-0.3, -0.25) is 9.69 Å². The van der Waals surface area contributed by atoms with Crippen molar-refractivity contribution in [3.8, 4) is 0 Å². The van der Waals surface area contributed by atoms with Crippen LogP contribution in [0.2, 0.25) is 0 Å². The number of ether oxygens (including phenoxy) is 1. The standard InChI is InChI=1S/C22H35N3O2/c1-3-10-25(18-21-9-4-5-15-27-21)22(26)20-8-6-7-19(16-20)17-24-13-11-23(2)12-14-24/h6-8,16,21H,3-5,9-15,17-18H2,1-2H3. The van der Waals surface area contributed by atoms with Crippen molar-refractivity contribution < 1.29 is 9.53 Å². The number of carbonyl (C=O) groups excluding carboxylic acids is 1. The summed E-state index contributed by atoms with van der Waals surface area (Å²) in [6, 6.07) is 8.22. The van der Waals surface area contributed by atoms with Crippen LogP contribution in [-0.4, -0.2) is 79.6 Å². The largest absolute Gasteiger partial charge is 0.376 e. The maximum absolute atomic E-state index is 13.1. The lowest BCUT2D eigenvalue weighted by Gasteiger charge is -2.32. The van der Waals surface area contributed by atoms with Crippen molar-refractivity contribution in [2.45, 2.75) is 45.3 Å². The number of hydrogen-bond acceptors (Lipinski definition) is 4. The van der Waals surface area contributed by atoms with Crippen LogP contribution >= 0.6 is 0 Å². The summed E-state index contributed by atoms with van der Waals surface area (Å²) < 4.78 is 5.87. The van der Waals surface area contributed by atoms with Crippen LogP contribution in [0.3, 0.4) is 0 Å². The molecule has 0 spiro atoms. The second kappa shape index (κ2) is 10.2. The molecule has 0 saturated carbocycles. The summed E-state index contributed by atoms with van der Waals surface area (Å²) in [5, 5.41) is 0. The van der Waals surface area contributed by atoms with Gasteiger partial charge < -0.3 is 14.5 Å². The van der Waals surface area contributed by atoms with Gasteiger partial charge in [0.1, 0.15) is 0 Å². The number of piperazine rings is 1. The molecule has 5 heteroatoms. The molecule has 0 bridgehead atoms. The molecule has 1 amide bonds. The number of benzene rings is 1. The summed E-state index contributed by atoms with van der Waals surface area (Å²) in [6.45, 7) is 9.82. The van der Waals surface area contributed by atoms with Crippen LogP contribution in [0.5, 0.6) is 0 Å². The molecule has 2 heterocycles. The minimum absolute atomic E-state index is 0.145. The Morgan fingerprint density at radius 1 is 1.22 bits per heavy atom. The summed E-state index contributed by atoms with van der Waals surface area (Å²) in [6.07, 6.45) is 4.59. The quantitative estimate of drug-likeness (QED) is 0.736. The SMILES string of the molecule is CCCN(CC1CCCCO1)C(=O)c1cccc(CN2CCN(C)CC2)c1. The van der Waals surface area contributed by atoms with Crippen molar-refractivity contribution in [1.29, 1.82) is 0 Å². The van der Waals surface area contributed by atoms with Crippen LogP contribution in [0.15, 0.2) is 24.3 Å². The first-order chi connectivity index (χ1) is 13.2. The molecule has 1 aromatic carbocycles. The molecular formula is C22H35N3O2. The van der Waals surface area contributed by atoms with E-state index >= 15 is 0 Å². The molecule has 2 saturated heterocycles. The lowest BCUT2D eigenvalue weighted by Crippen LogP contribution is -2.43. The molecule has 0 radical (unpaired) electrons. The highest BCUT2D eigenvalue weighted by Gasteiger charge is 2.22. The van der Waals surface area contributed by atoms with Gasteiger partial charge in [-0.2, -0.15) is 0 Å². The number of hydrogen-bond donors (Lipinski definition) is 0. The van der Waals surface area contributed by atoms with E-state index in [9.17, 15) is 4.79 Å². The van der Waals surface area contributed by atoms with Gasteiger partial charge >= 0.3 is 0 Å². The Hall–Kier alpha value is -1.43. The Morgan fingerprint density at radius 2 is 2.04 bits per heavy atom. The zero-order valence-electron chi connectivity index (χ0n) is 17.0. The van der Waals surface area contributed by atoms with Crippen LogP contribution in [-0.2, 0) is 11.3 Å². The highest BCUT2D eigenvalue weighted by atomic mass is 16.5. The Kier molecular flexibility index (Phi) is 7.68. The Morgan fingerprint density at radius 3 is 2.74 bits per heavy atom. The molecule has 0 aliphatic carbocycles. The molecular weight excluding hydrogens is 338 g/mol. The summed E-state index contributed by atoms with van der Waals surface area (Å²) in [5.74, 6) is 0.145. The predicted octanol–water partition coefficient (Wildman–Crippen LogP) is 2.86. The fourth-order valence-corrected chi connectivity index (χ4v) is 3.99. The molecule has 0 aromatic heterocycles. The Bertz CT molecular complexity index is 593. The maximum atomic E-state index is 13.1. The molecule has 27 heavy (non-hydrogen) atoms. The number of amides is 1. The first-order valence-electron chi connectivity index (χ1n) is 10.6. The zero-order chi connectivity index (χ0) is 19.1. The fraction of sp³-hybridized carbons (Fsp3) is 0.682. The first kappa shape index (κ1) is 20.3. The van der Waals surface area contributed by atoms with Gasteiger partial charge in [0.2, 0.25) is 0 Å². The van der Waals surface area contributed by atoms with Gasteiger partial charge in [0, 0.05) is 58.0 Å². The highest BCUT2D eigenvalue weighted by Crippen LogP contribution is 2.17. The van der Waals surface area contributed by atoms with E-state index in [-0.39, 0.29) is 12.0 Å². The average Bonchev–Trinajstić information content (AvgIpc) is 2.70. The number of nitrogens with zero attached hydrogens (tertiary/aromatic N) is 3. The second-order valence-corrected chi connectivity index (χ2v) is 8.02. The predicted molar refractivity (Wildman–Crippen MR) is 109 cm³/mol. The molecule has 150 valence electrons. The van der Waals surface area contributed by atoms with Crippen LogP contribution in [0.25, 0.3) is 0 Å². The molecule has 5 nitrogen and oxygen atoms in total. The van der Waals surface area contributed by atoms with Crippen molar-refractivity contribution in [3.63, 3.8) is 0 Å². The van der Waals surface area contributed by atoms with Crippen LogP contribution in [0, 0.1) is 0 Å². The second-order valence-electron chi connectivity index (χ2n) is 8.02. The van der Waals surface area contributed by atoms with Gasteiger partial charge in [0.25, 0.3) is 5.91 Å². The minimum Gasteiger partial charge on any atom is -0.376 e. The summed E-state index contributed by atoms with van der Waals surface area (Å²) >= 11 is 0. The van der Waals surface area contributed by atoms with Gasteiger partial charge in [-0.1, -0.05) is 19.1 Å². The molecule has 0 N–H and O–H groups in total. The third kappa shape index (κ3) is 6.03. The van der Waals surface area contributed by atoms with Crippen molar-refractivity contribution >= 4 is 5.91 Å². The molecule has 1 atom stereocenters. The third-order valence-corrected chi connectivity index (χ3v) is 5.65. The molecule has 2 aliphatic rings. The van der Waals surface area contributed by atoms with Gasteiger partial charge in [0.15, 0.2) is 0 Å². The zero-order valence-corrected chi connectivity index (χ0v) is 17.0. The smallest absolute Gasteiger partial charge is 0.253 e. The van der Waals surface area contributed by atoms with E-state index in [1.807, 2.05) is 17.0 Å². The fourth-order valence-electron chi connectivity index (χ4n) is 3.99. The van der Waals surface area contributed by atoms with E-state index in [0.717, 1.165) is 77.2 Å². The third-order valence-electron chi connectivity index (χ3n) is 5.65. The van der Waals surface area contributed by atoms with Crippen molar-refractivity contribution in [2.75, 3.05) is 52.9 Å². The Balaban J connectivity index is 1.63. The van der Waals surface area contributed by atoms with Crippen molar-refractivity contribution in [1.82, 2.24) is 14.7 Å². The minimum atomic E-state index is 0.145. The normalized spacial score (nSPS) is 21.9. The molecule has 3 rings (SSSR count). The molecule has 2 aliphatic heterocycles. The average molecular weight is 374 g/mol. The van der Waals surface area contributed by atoms with Crippen LogP contribution in [0.1, 0.15) is 48.5 Å². The lowest BCUT2D eigenvalue weighted by atomic mass is 10.1. The monoisotopic (exact) mass is 373 g/mol. The van der Waals surface area contributed by atoms with E-state index < -0.39 is 0 Å². The summed E-state index contributed by atoms with van der Waals surface area (Å²) in [7, 11) is 2.18. The first-order valence-corrected chi connectivity index (χ1v) is 10.6. The maximum Gasteiger partial charge on any atom is 0.253 e. The van der Waals surface area contributed by atoms with E-state index in [0.29, 0.717) is 0 Å². The van der Waals surface area contributed by atoms with Crippen LogP contribution in [0.4, 0.5) is 0 Å². The van der Waals surface area contributed by atoms with Crippen LogP contribution < -0.4 is 0 Å². The van der Waals surface area contributed by atoms with Gasteiger partial charge in [0.05, 0.1) is 6.10 Å². The van der Waals surface area contributed by atoms with Gasteiger partial charge in [-0.15, -0.1) is 0 Å². The number of likely N-dealkylation sites (N-methyl/N-ethyl adjacent to an activating group) is 1. The number of carbonyl (C=O) groups is 1. The van der Waals surface area contributed by atoms with E-state index in [1.165, 1.54) is 12.0 Å². The van der Waals surface area contributed by atoms with Gasteiger partial charge in [-0.05, 0) is 50.4 Å². The summed E-state index contributed by atoms with van der Waals surface area (Å²) in [5.41, 5.74) is 2.04. The lowest BCUT2D eigenvalue weighted by molar-refractivity contribution is -0.00384. The van der Waals surface area contributed by atoms with Gasteiger partial charge in [-0.25, -0.2) is 0 Å². The number of rotatable bonds is 7. The molecule has 1 aromatic rings.